The average molecular weight is 375 g/mol. The zero-order valence-electron chi connectivity index (χ0n) is 15.1. The van der Waals surface area contributed by atoms with Gasteiger partial charge in [-0.1, -0.05) is 6.07 Å². The van der Waals surface area contributed by atoms with Gasteiger partial charge in [-0.05, 0) is 49.1 Å². The molecule has 28 heavy (non-hydrogen) atoms. The lowest BCUT2D eigenvalue weighted by atomic mass is 9.90. The minimum atomic E-state index is -0.538. The first-order valence-corrected chi connectivity index (χ1v) is 9.11. The van der Waals surface area contributed by atoms with E-state index in [1.807, 2.05) is 24.3 Å². The standard InChI is InChI=1S/C21H18FN5O/c22-18-4-3-14(11-17(18)13-23)10-16-2-1-9-27(21(16)28)20-12-19(25-26-20)15-5-7-24-8-6-15/h3-8,11-12,16H,1-2,9-10H2,(H,25,26)/t16-/m0/s1. The van der Waals surface area contributed by atoms with Gasteiger partial charge in [-0.3, -0.25) is 19.8 Å². The summed E-state index contributed by atoms with van der Waals surface area (Å²) < 4.78 is 13.5. The Kier molecular flexibility index (Phi) is 4.85. The molecule has 1 aliphatic heterocycles. The molecule has 3 heterocycles. The molecular weight excluding hydrogens is 357 g/mol. The predicted molar refractivity (Wildman–Crippen MR) is 102 cm³/mol. The summed E-state index contributed by atoms with van der Waals surface area (Å²) in [5.41, 5.74) is 2.48. The highest BCUT2D eigenvalue weighted by molar-refractivity contribution is 5.95. The highest BCUT2D eigenvalue weighted by Crippen LogP contribution is 2.28. The molecule has 3 aromatic rings. The van der Waals surface area contributed by atoms with Crippen LogP contribution in [0.25, 0.3) is 11.3 Å². The Morgan fingerprint density at radius 1 is 1.25 bits per heavy atom. The van der Waals surface area contributed by atoms with E-state index in [4.69, 9.17) is 5.26 Å². The maximum Gasteiger partial charge on any atom is 0.231 e. The quantitative estimate of drug-likeness (QED) is 0.757. The van der Waals surface area contributed by atoms with Crippen LogP contribution in [0, 0.1) is 23.1 Å². The molecule has 0 unspecified atom stereocenters. The number of nitrogens with zero attached hydrogens (tertiary/aromatic N) is 4. The molecule has 0 aliphatic carbocycles. The van der Waals surface area contributed by atoms with Crippen molar-refractivity contribution >= 4 is 11.7 Å². The van der Waals surface area contributed by atoms with Gasteiger partial charge in [-0.2, -0.15) is 10.4 Å². The van der Waals surface area contributed by atoms with Crippen LogP contribution < -0.4 is 4.90 Å². The molecule has 1 fully saturated rings. The second kappa shape index (κ2) is 7.61. The topological polar surface area (TPSA) is 85.7 Å². The summed E-state index contributed by atoms with van der Waals surface area (Å²) in [6.45, 7) is 0.625. The number of anilines is 1. The number of carbonyl (C=O) groups is 1. The third kappa shape index (κ3) is 3.49. The van der Waals surface area contributed by atoms with Crippen molar-refractivity contribution in [3.05, 3.63) is 65.7 Å². The summed E-state index contributed by atoms with van der Waals surface area (Å²) in [6, 6.07) is 11.9. The fraction of sp³-hybridized carbons (Fsp3) is 0.238. The van der Waals surface area contributed by atoms with Crippen molar-refractivity contribution in [2.45, 2.75) is 19.3 Å². The maximum absolute atomic E-state index is 13.5. The highest BCUT2D eigenvalue weighted by atomic mass is 19.1. The molecule has 1 aromatic carbocycles. The Bertz CT molecular complexity index is 1040. The third-order valence-corrected chi connectivity index (χ3v) is 5.01. The molecule has 4 rings (SSSR count). The van der Waals surface area contributed by atoms with Gasteiger partial charge in [0.1, 0.15) is 17.7 Å². The van der Waals surface area contributed by atoms with Crippen molar-refractivity contribution in [3.63, 3.8) is 0 Å². The summed E-state index contributed by atoms with van der Waals surface area (Å²) >= 11 is 0. The van der Waals surface area contributed by atoms with Crippen LogP contribution in [0.4, 0.5) is 10.2 Å². The van der Waals surface area contributed by atoms with Crippen LogP contribution in [0.3, 0.4) is 0 Å². The third-order valence-electron chi connectivity index (χ3n) is 5.01. The van der Waals surface area contributed by atoms with Gasteiger partial charge in [-0.25, -0.2) is 4.39 Å². The van der Waals surface area contributed by atoms with Gasteiger partial charge in [0.2, 0.25) is 5.91 Å². The van der Waals surface area contributed by atoms with Crippen molar-refractivity contribution in [2.24, 2.45) is 5.92 Å². The van der Waals surface area contributed by atoms with Crippen molar-refractivity contribution in [1.29, 1.82) is 5.26 Å². The lowest BCUT2D eigenvalue weighted by Gasteiger charge is -2.31. The van der Waals surface area contributed by atoms with Gasteiger partial charge in [-0.15, -0.1) is 0 Å². The predicted octanol–water partition coefficient (Wildman–Crippen LogP) is 3.47. The first-order chi connectivity index (χ1) is 13.7. The smallest absolute Gasteiger partial charge is 0.231 e. The van der Waals surface area contributed by atoms with Crippen LogP contribution in [-0.4, -0.2) is 27.6 Å². The Balaban J connectivity index is 1.52. The molecule has 1 saturated heterocycles. The molecule has 6 nitrogen and oxygen atoms in total. The molecule has 1 atom stereocenters. The molecule has 1 N–H and O–H groups in total. The lowest BCUT2D eigenvalue weighted by molar-refractivity contribution is -0.123. The largest absolute Gasteiger partial charge is 0.297 e. The second-order valence-corrected chi connectivity index (χ2v) is 6.83. The molecular formula is C21H18FN5O. The van der Waals surface area contributed by atoms with Crippen LogP contribution in [0.5, 0.6) is 0 Å². The van der Waals surface area contributed by atoms with E-state index in [0.717, 1.165) is 29.7 Å². The normalized spacial score (nSPS) is 16.8. The maximum atomic E-state index is 13.5. The number of amides is 1. The van der Waals surface area contributed by atoms with E-state index in [9.17, 15) is 9.18 Å². The van der Waals surface area contributed by atoms with Gasteiger partial charge in [0, 0.05) is 36.5 Å². The number of pyridine rings is 1. The molecule has 1 aliphatic rings. The fourth-order valence-corrected chi connectivity index (χ4v) is 3.57. The molecule has 140 valence electrons. The SMILES string of the molecule is N#Cc1cc(C[C@@H]2CCCN(c3cc(-c4ccncc4)n[nH]3)C2=O)ccc1F. The number of hydrogen-bond acceptors (Lipinski definition) is 4. The Labute approximate surface area is 161 Å². The van der Waals surface area contributed by atoms with Gasteiger partial charge in [0.05, 0.1) is 11.3 Å². The lowest BCUT2D eigenvalue weighted by Crippen LogP contribution is -2.42. The summed E-state index contributed by atoms with van der Waals surface area (Å²) in [5, 5.41) is 16.3. The summed E-state index contributed by atoms with van der Waals surface area (Å²) in [6.07, 6.45) is 5.51. The van der Waals surface area contributed by atoms with Crippen LogP contribution in [0.2, 0.25) is 0 Å². The number of aromatic amines is 1. The number of piperidine rings is 1. The Hall–Kier alpha value is -3.53. The van der Waals surface area contributed by atoms with Crippen LogP contribution in [0.1, 0.15) is 24.0 Å². The monoisotopic (exact) mass is 375 g/mol. The van der Waals surface area contributed by atoms with E-state index in [0.29, 0.717) is 18.8 Å². The second-order valence-electron chi connectivity index (χ2n) is 6.83. The van der Waals surface area contributed by atoms with Gasteiger partial charge in [0.15, 0.2) is 0 Å². The minimum Gasteiger partial charge on any atom is -0.297 e. The number of hydrogen-bond donors (Lipinski definition) is 1. The molecule has 7 heteroatoms. The number of rotatable bonds is 4. The number of halogens is 1. The molecule has 0 spiro atoms. The van der Waals surface area contributed by atoms with E-state index in [-0.39, 0.29) is 17.4 Å². The summed E-state index contributed by atoms with van der Waals surface area (Å²) in [5.74, 6) is -0.0697. The molecule has 0 radical (unpaired) electrons. The van der Waals surface area contributed by atoms with Crippen LogP contribution in [-0.2, 0) is 11.2 Å². The van der Waals surface area contributed by atoms with E-state index in [1.165, 1.54) is 12.1 Å². The first kappa shape index (κ1) is 17.9. The van der Waals surface area contributed by atoms with E-state index in [2.05, 4.69) is 15.2 Å². The van der Waals surface area contributed by atoms with E-state index >= 15 is 0 Å². The van der Waals surface area contributed by atoms with Crippen LogP contribution in [0.15, 0.2) is 48.8 Å². The number of nitrogens with one attached hydrogen (secondary N) is 1. The van der Waals surface area contributed by atoms with Crippen molar-refractivity contribution < 1.29 is 9.18 Å². The molecule has 2 aromatic heterocycles. The number of benzene rings is 1. The zero-order chi connectivity index (χ0) is 19.5. The molecule has 0 saturated carbocycles. The van der Waals surface area contributed by atoms with Crippen molar-refractivity contribution in [2.75, 3.05) is 11.4 Å². The zero-order valence-corrected chi connectivity index (χ0v) is 15.1. The number of carbonyl (C=O) groups excluding carboxylic acids is 1. The summed E-state index contributed by atoms with van der Waals surface area (Å²) in [7, 11) is 0. The van der Waals surface area contributed by atoms with Crippen molar-refractivity contribution in [1.82, 2.24) is 15.2 Å². The number of nitriles is 1. The molecule has 1 amide bonds. The highest BCUT2D eigenvalue weighted by Gasteiger charge is 2.31. The van der Waals surface area contributed by atoms with Crippen LogP contribution >= 0.6 is 0 Å². The Morgan fingerprint density at radius 3 is 2.86 bits per heavy atom. The first-order valence-electron chi connectivity index (χ1n) is 9.11. The molecule has 0 bridgehead atoms. The summed E-state index contributed by atoms with van der Waals surface area (Å²) in [4.78, 5) is 18.8. The van der Waals surface area contributed by atoms with E-state index < -0.39 is 5.82 Å². The number of H-pyrrole nitrogens is 1. The van der Waals surface area contributed by atoms with Gasteiger partial charge in [0.25, 0.3) is 0 Å². The van der Waals surface area contributed by atoms with Gasteiger partial charge < -0.3 is 0 Å². The van der Waals surface area contributed by atoms with Crippen molar-refractivity contribution in [3.8, 4) is 17.3 Å². The van der Waals surface area contributed by atoms with E-state index in [1.54, 1.807) is 23.4 Å². The average Bonchev–Trinajstić information content (AvgIpc) is 3.21. The van der Waals surface area contributed by atoms with Gasteiger partial charge >= 0.3 is 0 Å². The Morgan fingerprint density at radius 2 is 2.07 bits per heavy atom. The number of aromatic nitrogens is 3. The minimum absolute atomic E-state index is 0.00757. The fourth-order valence-electron chi connectivity index (χ4n) is 3.57.